The van der Waals surface area contributed by atoms with Gasteiger partial charge >= 0.3 is 6.18 Å². The Labute approximate surface area is 110 Å². The third kappa shape index (κ3) is 2.74. The van der Waals surface area contributed by atoms with Gasteiger partial charge in [0.1, 0.15) is 6.29 Å². The molecular weight excluding hydrogens is 255 g/mol. The fourth-order valence-corrected chi connectivity index (χ4v) is 2.68. The van der Waals surface area contributed by atoms with Crippen molar-refractivity contribution in [3.63, 3.8) is 0 Å². The van der Waals surface area contributed by atoms with Gasteiger partial charge in [-0.2, -0.15) is 13.2 Å². The van der Waals surface area contributed by atoms with Crippen LogP contribution in [0.5, 0.6) is 0 Å². The number of nitrogens with zero attached hydrogens (tertiary/aromatic N) is 1. The summed E-state index contributed by atoms with van der Waals surface area (Å²) in [4.78, 5) is 12.5. The average Bonchev–Trinajstić information content (AvgIpc) is 2.85. The first kappa shape index (κ1) is 13.9. The molecule has 0 bridgehead atoms. The van der Waals surface area contributed by atoms with Gasteiger partial charge in [0, 0.05) is 23.8 Å². The number of benzene rings is 1. The molecule has 0 spiro atoms. The van der Waals surface area contributed by atoms with Crippen molar-refractivity contribution in [3.05, 3.63) is 29.3 Å². The van der Waals surface area contributed by atoms with Gasteiger partial charge in [0.2, 0.25) is 0 Å². The Balaban J connectivity index is 2.47. The topological polar surface area (TPSA) is 20.3 Å². The molecule has 1 aromatic carbocycles. The third-order valence-electron chi connectivity index (χ3n) is 3.62. The summed E-state index contributed by atoms with van der Waals surface area (Å²) in [6.45, 7) is 2.62. The van der Waals surface area contributed by atoms with E-state index in [9.17, 15) is 18.0 Å². The predicted octanol–water partition coefficient (Wildman–Crippen LogP) is 3.90. The summed E-state index contributed by atoms with van der Waals surface area (Å²) in [6.07, 6.45) is -1.34. The van der Waals surface area contributed by atoms with Crippen LogP contribution in [-0.4, -0.2) is 18.9 Å². The molecule has 2 nitrogen and oxygen atoms in total. The molecule has 1 aromatic rings. The maximum Gasteiger partial charge on any atom is 0.418 e. The van der Waals surface area contributed by atoms with Crippen molar-refractivity contribution >= 4 is 12.0 Å². The highest BCUT2D eigenvalue weighted by Crippen LogP contribution is 2.39. The Morgan fingerprint density at radius 1 is 1.42 bits per heavy atom. The summed E-state index contributed by atoms with van der Waals surface area (Å²) in [5.41, 5.74) is -0.455. The first-order chi connectivity index (χ1) is 8.97. The van der Waals surface area contributed by atoms with Crippen LogP contribution in [-0.2, 0) is 6.18 Å². The summed E-state index contributed by atoms with van der Waals surface area (Å²) in [7, 11) is 0. The molecule has 2 rings (SSSR count). The monoisotopic (exact) mass is 271 g/mol. The van der Waals surface area contributed by atoms with Crippen molar-refractivity contribution in [2.45, 2.75) is 38.4 Å². The van der Waals surface area contributed by atoms with E-state index in [1.54, 1.807) is 0 Å². The number of aldehydes is 1. The van der Waals surface area contributed by atoms with E-state index in [1.807, 2.05) is 11.8 Å². The second-order valence-electron chi connectivity index (χ2n) is 4.79. The second kappa shape index (κ2) is 5.23. The van der Waals surface area contributed by atoms with Gasteiger partial charge in [0.25, 0.3) is 0 Å². The summed E-state index contributed by atoms with van der Waals surface area (Å²) >= 11 is 0. The molecule has 5 heteroatoms. The van der Waals surface area contributed by atoms with Crippen LogP contribution in [0.4, 0.5) is 18.9 Å². The largest absolute Gasteiger partial charge is 0.418 e. The molecule has 0 aromatic heterocycles. The van der Waals surface area contributed by atoms with E-state index in [0.717, 1.165) is 25.3 Å². The Morgan fingerprint density at radius 2 is 2.16 bits per heavy atom. The van der Waals surface area contributed by atoms with Crippen molar-refractivity contribution in [2.75, 3.05) is 11.4 Å². The molecule has 0 saturated carbocycles. The smallest absolute Gasteiger partial charge is 0.368 e. The lowest BCUT2D eigenvalue weighted by molar-refractivity contribution is -0.137. The van der Waals surface area contributed by atoms with Gasteiger partial charge in [0.05, 0.1) is 5.56 Å². The van der Waals surface area contributed by atoms with E-state index >= 15 is 0 Å². The first-order valence-electron chi connectivity index (χ1n) is 6.40. The van der Waals surface area contributed by atoms with E-state index in [2.05, 4.69) is 0 Å². The van der Waals surface area contributed by atoms with Gasteiger partial charge in [0.15, 0.2) is 0 Å². The SMILES string of the molecule is CCC1CCCN1c1ccc(C=O)cc1C(F)(F)F. The van der Waals surface area contributed by atoms with Gasteiger partial charge in [-0.05, 0) is 37.5 Å². The van der Waals surface area contributed by atoms with Crippen molar-refractivity contribution in [1.29, 1.82) is 0 Å². The lowest BCUT2D eigenvalue weighted by Gasteiger charge is -2.29. The van der Waals surface area contributed by atoms with Crippen LogP contribution in [0.15, 0.2) is 18.2 Å². The molecule has 19 heavy (non-hydrogen) atoms. The maximum atomic E-state index is 13.1. The van der Waals surface area contributed by atoms with E-state index in [4.69, 9.17) is 0 Å². The van der Waals surface area contributed by atoms with Gasteiger partial charge in [-0.25, -0.2) is 0 Å². The average molecular weight is 271 g/mol. The minimum Gasteiger partial charge on any atom is -0.368 e. The van der Waals surface area contributed by atoms with Gasteiger partial charge < -0.3 is 4.90 Å². The number of hydrogen-bond donors (Lipinski definition) is 0. The molecule has 1 heterocycles. The molecular formula is C14H16F3NO. The fourth-order valence-electron chi connectivity index (χ4n) is 2.68. The number of carbonyl (C=O) groups is 1. The summed E-state index contributed by atoms with van der Waals surface area (Å²) in [6, 6.07) is 3.96. The quantitative estimate of drug-likeness (QED) is 0.777. The van der Waals surface area contributed by atoms with Crippen LogP contribution >= 0.6 is 0 Å². The molecule has 1 saturated heterocycles. The van der Waals surface area contributed by atoms with E-state index in [-0.39, 0.29) is 17.3 Å². The van der Waals surface area contributed by atoms with E-state index < -0.39 is 11.7 Å². The van der Waals surface area contributed by atoms with E-state index in [1.165, 1.54) is 12.1 Å². The number of rotatable bonds is 3. The lowest BCUT2D eigenvalue weighted by atomic mass is 10.1. The zero-order chi connectivity index (χ0) is 14.0. The van der Waals surface area contributed by atoms with Crippen LogP contribution < -0.4 is 4.90 Å². The summed E-state index contributed by atoms with van der Waals surface area (Å²) < 4.78 is 39.3. The number of halogens is 3. The molecule has 1 aliphatic heterocycles. The molecule has 1 aliphatic rings. The first-order valence-corrected chi connectivity index (χ1v) is 6.40. The molecule has 0 N–H and O–H groups in total. The van der Waals surface area contributed by atoms with Crippen LogP contribution in [0.1, 0.15) is 42.1 Å². The Kier molecular flexibility index (Phi) is 3.83. The van der Waals surface area contributed by atoms with Crippen LogP contribution in [0, 0.1) is 0 Å². The van der Waals surface area contributed by atoms with E-state index in [0.29, 0.717) is 12.8 Å². The van der Waals surface area contributed by atoms with Crippen molar-refractivity contribution in [3.8, 4) is 0 Å². The van der Waals surface area contributed by atoms with Crippen molar-refractivity contribution in [1.82, 2.24) is 0 Å². The van der Waals surface area contributed by atoms with Gasteiger partial charge in [-0.1, -0.05) is 6.92 Å². The molecule has 1 atom stereocenters. The highest BCUT2D eigenvalue weighted by Gasteiger charge is 2.37. The van der Waals surface area contributed by atoms with Crippen LogP contribution in [0.25, 0.3) is 0 Å². The lowest BCUT2D eigenvalue weighted by Crippen LogP contribution is -2.30. The van der Waals surface area contributed by atoms with Gasteiger partial charge in [-0.3, -0.25) is 4.79 Å². The van der Waals surface area contributed by atoms with Crippen LogP contribution in [0.3, 0.4) is 0 Å². The molecule has 0 amide bonds. The molecule has 0 radical (unpaired) electrons. The third-order valence-corrected chi connectivity index (χ3v) is 3.62. The van der Waals surface area contributed by atoms with Crippen LogP contribution in [0.2, 0.25) is 0 Å². The zero-order valence-electron chi connectivity index (χ0n) is 10.7. The molecule has 0 aliphatic carbocycles. The number of carbonyl (C=O) groups excluding carboxylic acids is 1. The standard InChI is InChI=1S/C14H16F3NO/c1-2-11-4-3-7-18(11)13-6-5-10(9-19)8-12(13)14(15,16)17/h5-6,8-9,11H,2-4,7H2,1H3. The molecule has 104 valence electrons. The zero-order valence-corrected chi connectivity index (χ0v) is 10.7. The highest BCUT2D eigenvalue weighted by atomic mass is 19.4. The maximum absolute atomic E-state index is 13.1. The van der Waals surface area contributed by atoms with Crippen molar-refractivity contribution < 1.29 is 18.0 Å². The fraction of sp³-hybridized carbons (Fsp3) is 0.500. The summed E-state index contributed by atoms with van der Waals surface area (Å²) in [5.74, 6) is 0. The summed E-state index contributed by atoms with van der Waals surface area (Å²) in [5, 5.41) is 0. The highest BCUT2D eigenvalue weighted by molar-refractivity contribution is 5.77. The van der Waals surface area contributed by atoms with Crippen molar-refractivity contribution in [2.24, 2.45) is 0 Å². The number of anilines is 1. The van der Waals surface area contributed by atoms with Gasteiger partial charge in [-0.15, -0.1) is 0 Å². The minimum atomic E-state index is -4.44. The normalized spacial score (nSPS) is 19.8. The minimum absolute atomic E-state index is 0.0586. The Bertz CT molecular complexity index is 470. The Morgan fingerprint density at radius 3 is 2.74 bits per heavy atom. The molecule has 1 unspecified atom stereocenters. The predicted molar refractivity (Wildman–Crippen MR) is 67.5 cm³/mol. The molecule has 1 fully saturated rings. The number of alkyl halides is 3. The number of hydrogen-bond acceptors (Lipinski definition) is 2. The second-order valence-corrected chi connectivity index (χ2v) is 4.79. The Hall–Kier alpha value is -1.52.